The fraction of sp³-hybridized carbons (Fsp3) is 0.933. The standard InChI is InChI=1S/C15H11F17O4/c16-8(11(20,21)22,7(33)34-6-4-2-1-3-5-6)35-15(31,32)10(19,13(26,27)28)36-14(29,30)9(17,18)12(23,24)25/h6H,1-5H2. The number of carbonyl (C=O) groups excluding carboxylic acids is 1. The molecule has 1 aliphatic rings. The maximum atomic E-state index is 14.3. The Morgan fingerprint density at radius 2 is 1.00 bits per heavy atom. The number of carbonyl (C=O) groups is 1. The first kappa shape index (κ1) is 32.2. The van der Waals surface area contributed by atoms with E-state index in [9.17, 15) is 79.4 Å². The van der Waals surface area contributed by atoms with Crippen molar-refractivity contribution in [2.75, 3.05) is 0 Å². The van der Waals surface area contributed by atoms with Crippen LogP contribution in [0.15, 0.2) is 0 Å². The molecule has 0 aromatic heterocycles. The first-order chi connectivity index (χ1) is 15.7. The van der Waals surface area contributed by atoms with Gasteiger partial charge in [0.25, 0.3) is 0 Å². The number of halogens is 17. The van der Waals surface area contributed by atoms with Gasteiger partial charge in [0.2, 0.25) is 0 Å². The van der Waals surface area contributed by atoms with Gasteiger partial charge in [0.15, 0.2) is 0 Å². The molecule has 0 radical (unpaired) electrons. The molecule has 0 saturated heterocycles. The normalized spacial score (nSPS) is 21.0. The maximum Gasteiger partial charge on any atom is 0.462 e. The Hall–Kier alpha value is -1.80. The Morgan fingerprint density at radius 1 is 0.556 bits per heavy atom. The first-order valence-electron chi connectivity index (χ1n) is 8.99. The molecular weight excluding hydrogens is 567 g/mol. The molecule has 1 rings (SSSR count). The van der Waals surface area contributed by atoms with E-state index in [1.165, 1.54) is 4.74 Å². The van der Waals surface area contributed by atoms with Crippen molar-refractivity contribution < 1.29 is 93.6 Å². The van der Waals surface area contributed by atoms with Gasteiger partial charge in [-0.2, -0.15) is 74.6 Å². The minimum absolute atomic E-state index is 0.109. The topological polar surface area (TPSA) is 44.8 Å². The van der Waals surface area contributed by atoms with Crippen molar-refractivity contribution in [1.29, 1.82) is 0 Å². The second-order valence-corrected chi connectivity index (χ2v) is 7.16. The molecule has 214 valence electrons. The summed E-state index contributed by atoms with van der Waals surface area (Å²) in [5, 5.41) is 0. The van der Waals surface area contributed by atoms with Crippen molar-refractivity contribution >= 4 is 5.97 Å². The SMILES string of the molecule is O=C(OC1CCCCC1)C(F)(OC(F)(F)C(F)(OC(F)(F)C(F)(F)C(F)(F)F)C(F)(F)F)C(F)(F)F. The predicted octanol–water partition coefficient (Wildman–Crippen LogP) is 6.73. The summed E-state index contributed by atoms with van der Waals surface area (Å²) in [4.78, 5) is 11.6. The molecule has 0 aromatic rings. The van der Waals surface area contributed by atoms with E-state index in [-0.39, 0.29) is 25.7 Å². The lowest BCUT2D eigenvalue weighted by atomic mass is 9.98. The summed E-state index contributed by atoms with van der Waals surface area (Å²) in [5.74, 6) is -26.3. The number of hydrogen-bond donors (Lipinski definition) is 0. The second-order valence-electron chi connectivity index (χ2n) is 7.16. The Bertz CT molecular complexity index is 782. The molecule has 0 aromatic carbocycles. The largest absolute Gasteiger partial charge is 0.462 e. The highest BCUT2D eigenvalue weighted by atomic mass is 19.4. The number of ether oxygens (including phenoxy) is 3. The van der Waals surface area contributed by atoms with Crippen LogP contribution in [0.25, 0.3) is 0 Å². The fourth-order valence-corrected chi connectivity index (χ4v) is 2.56. The monoisotopic (exact) mass is 578 g/mol. The summed E-state index contributed by atoms with van der Waals surface area (Å²) >= 11 is 0. The summed E-state index contributed by atoms with van der Waals surface area (Å²) < 4.78 is 229. The second kappa shape index (κ2) is 9.50. The Morgan fingerprint density at radius 3 is 1.36 bits per heavy atom. The van der Waals surface area contributed by atoms with Gasteiger partial charge in [-0.15, -0.1) is 0 Å². The summed E-state index contributed by atoms with van der Waals surface area (Å²) in [6.45, 7) is 0. The van der Waals surface area contributed by atoms with Gasteiger partial charge < -0.3 is 4.74 Å². The zero-order valence-electron chi connectivity index (χ0n) is 16.7. The lowest BCUT2D eigenvalue weighted by Crippen LogP contribution is -2.68. The predicted molar refractivity (Wildman–Crippen MR) is 75.8 cm³/mol. The third-order valence-corrected chi connectivity index (χ3v) is 4.45. The molecule has 2 unspecified atom stereocenters. The highest BCUT2D eigenvalue weighted by molar-refractivity contribution is 5.79. The Labute approximate surface area is 187 Å². The van der Waals surface area contributed by atoms with Gasteiger partial charge in [-0.3, -0.25) is 9.47 Å². The molecule has 2 atom stereocenters. The summed E-state index contributed by atoms with van der Waals surface area (Å²) in [7, 11) is 0. The van der Waals surface area contributed by atoms with E-state index in [4.69, 9.17) is 0 Å². The third-order valence-electron chi connectivity index (χ3n) is 4.45. The number of rotatable bonds is 8. The Balaban J connectivity index is 3.52. The van der Waals surface area contributed by atoms with Gasteiger partial charge in [0, 0.05) is 0 Å². The molecule has 0 amide bonds. The lowest BCUT2D eigenvalue weighted by molar-refractivity contribution is -0.548. The molecule has 0 N–H and O–H groups in total. The van der Waals surface area contributed by atoms with Crippen molar-refractivity contribution in [1.82, 2.24) is 0 Å². The van der Waals surface area contributed by atoms with E-state index in [0.717, 1.165) is 0 Å². The van der Waals surface area contributed by atoms with E-state index in [1.807, 2.05) is 4.74 Å². The van der Waals surface area contributed by atoms with Crippen LogP contribution in [0.4, 0.5) is 74.6 Å². The molecule has 36 heavy (non-hydrogen) atoms. The summed E-state index contributed by atoms with van der Waals surface area (Å²) in [5.41, 5.74) is 0. The quantitative estimate of drug-likeness (QED) is 0.237. The molecule has 0 aliphatic heterocycles. The van der Waals surface area contributed by atoms with Crippen LogP contribution in [0.1, 0.15) is 32.1 Å². The molecule has 0 heterocycles. The molecule has 1 fully saturated rings. The number of esters is 1. The third kappa shape index (κ3) is 5.85. The molecule has 0 bridgehead atoms. The van der Waals surface area contributed by atoms with Gasteiger partial charge in [-0.1, -0.05) is 6.42 Å². The molecule has 21 heteroatoms. The Kier molecular flexibility index (Phi) is 8.50. The minimum atomic E-state index is -8.04. The van der Waals surface area contributed by atoms with Crippen LogP contribution in [-0.4, -0.2) is 60.5 Å². The molecule has 1 aliphatic carbocycles. The minimum Gasteiger partial charge on any atom is -0.458 e. The van der Waals surface area contributed by atoms with Gasteiger partial charge in [0.1, 0.15) is 6.10 Å². The van der Waals surface area contributed by atoms with Crippen LogP contribution in [0.5, 0.6) is 0 Å². The van der Waals surface area contributed by atoms with Crippen LogP contribution < -0.4 is 0 Å². The van der Waals surface area contributed by atoms with Crippen molar-refractivity contribution in [3.05, 3.63) is 0 Å². The van der Waals surface area contributed by atoms with E-state index in [2.05, 4.69) is 4.74 Å². The van der Waals surface area contributed by atoms with Crippen molar-refractivity contribution in [3.63, 3.8) is 0 Å². The number of alkyl halides is 17. The molecule has 4 nitrogen and oxygen atoms in total. The van der Waals surface area contributed by atoms with E-state index >= 15 is 0 Å². The van der Waals surface area contributed by atoms with Crippen molar-refractivity contribution in [3.8, 4) is 0 Å². The highest BCUT2D eigenvalue weighted by Gasteiger charge is 2.85. The van der Waals surface area contributed by atoms with E-state index < -0.39 is 60.5 Å². The van der Waals surface area contributed by atoms with Gasteiger partial charge in [-0.05, 0) is 25.7 Å². The van der Waals surface area contributed by atoms with Crippen LogP contribution in [0.3, 0.4) is 0 Å². The molecule has 1 saturated carbocycles. The van der Waals surface area contributed by atoms with Gasteiger partial charge in [-0.25, -0.2) is 4.79 Å². The van der Waals surface area contributed by atoms with Crippen LogP contribution in [-0.2, 0) is 19.0 Å². The van der Waals surface area contributed by atoms with Crippen molar-refractivity contribution in [2.24, 2.45) is 0 Å². The van der Waals surface area contributed by atoms with Crippen LogP contribution in [0, 0.1) is 0 Å². The average molecular weight is 578 g/mol. The maximum absolute atomic E-state index is 14.3. The highest BCUT2D eigenvalue weighted by Crippen LogP contribution is 2.56. The summed E-state index contributed by atoms with van der Waals surface area (Å²) in [6, 6.07) is 0. The summed E-state index contributed by atoms with van der Waals surface area (Å²) in [6.07, 6.45) is -40.2. The average Bonchev–Trinajstić information content (AvgIpc) is 2.65. The zero-order chi connectivity index (χ0) is 28.8. The van der Waals surface area contributed by atoms with Crippen LogP contribution >= 0.6 is 0 Å². The van der Waals surface area contributed by atoms with E-state index in [0.29, 0.717) is 6.42 Å². The van der Waals surface area contributed by atoms with Crippen LogP contribution in [0.2, 0.25) is 0 Å². The van der Waals surface area contributed by atoms with Gasteiger partial charge >= 0.3 is 54.3 Å². The zero-order valence-corrected chi connectivity index (χ0v) is 16.7. The smallest absolute Gasteiger partial charge is 0.458 e. The van der Waals surface area contributed by atoms with Gasteiger partial charge in [0.05, 0.1) is 0 Å². The molecular formula is C15H11F17O4. The van der Waals surface area contributed by atoms with Crippen molar-refractivity contribution in [2.45, 2.75) is 86.6 Å². The molecule has 0 spiro atoms. The van der Waals surface area contributed by atoms with E-state index in [1.54, 1.807) is 0 Å². The number of hydrogen-bond acceptors (Lipinski definition) is 4. The fourth-order valence-electron chi connectivity index (χ4n) is 2.56. The first-order valence-corrected chi connectivity index (χ1v) is 8.99. The lowest BCUT2D eigenvalue weighted by Gasteiger charge is -2.40.